The third-order valence-corrected chi connectivity index (χ3v) is 4.80. The Labute approximate surface area is 175 Å². The largest absolute Gasteiger partial charge is 0.457 e. The molecule has 1 aliphatic rings. The van der Waals surface area contributed by atoms with Crippen molar-refractivity contribution in [2.24, 2.45) is 0 Å². The number of para-hydroxylation sites is 1. The standard InChI is InChI=1S/C24H23N3O3/c28-23(17-25-18-11-13-20(14-12-18)27-15-5-10-24(27)29)26-19-6-4-9-22(16-19)30-21-7-2-1-3-8-21/h1-4,6-9,11-14,16,25H,5,10,15,17H2,(H,26,28). The lowest BCUT2D eigenvalue weighted by Crippen LogP contribution is -2.24. The number of nitrogens with zero attached hydrogens (tertiary/aromatic N) is 1. The summed E-state index contributed by atoms with van der Waals surface area (Å²) in [5.41, 5.74) is 2.38. The lowest BCUT2D eigenvalue weighted by atomic mass is 10.2. The van der Waals surface area contributed by atoms with Crippen LogP contribution < -0.4 is 20.3 Å². The second-order valence-corrected chi connectivity index (χ2v) is 7.04. The van der Waals surface area contributed by atoms with Crippen molar-refractivity contribution in [2.45, 2.75) is 12.8 Å². The molecule has 0 spiro atoms. The fraction of sp³-hybridized carbons (Fsp3) is 0.167. The van der Waals surface area contributed by atoms with Crippen molar-refractivity contribution in [2.75, 3.05) is 28.6 Å². The van der Waals surface area contributed by atoms with Gasteiger partial charge in [0.1, 0.15) is 11.5 Å². The average Bonchev–Trinajstić information content (AvgIpc) is 3.19. The molecule has 3 aromatic rings. The van der Waals surface area contributed by atoms with E-state index in [2.05, 4.69) is 10.6 Å². The lowest BCUT2D eigenvalue weighted by Gasteiger charge is -2.16. The topological polar surface area (TPSA) is 70.7 Å². The number of anilines is 3. The summed E-state index contributed by atoms with van der Waals surface area (Å²) < 4.78 is 5.80. The molecule has 0 unspecified atom stereocenters. The quantitative estimate of drug-likeness (QED) is 0.604. The zero-order valence-corrected chi connectivity index (χ0v) is 16.5. The molecule has 0 aliphatic carbocycles. The summed E-state index contributed by atoms with van der Waals surface area (Å²) in [6.07, 6.45) is 1.51. The summed E-state index contributed by atoms with van der Waals surface area (Å²) in [5, 5.41) is 5.97. The Morgan fingerprint density at radius 3 is 2.40 bits per heavy atom. The van der Waals surface area contributed by atoms with E-state index in [4.69, 9.17) is 4.74 Å². The first-order valence-corrected chi connectivity index (χ1v) is 9.94. The number of rotatable bonds is 7. The van der Waals surface area contributed by atoms with E-state index in [-0.39, 0.29) is 18.4 Å². The van der Waals surface area contributed by atoms with E-state index in [0.29, 0.717) is 17.9 Å². The molecule has 1 aliphatic heterocycles. The maximum Gasteiger partial charge on any atom is 0.243 e. The molecule has 1 heterocycles. The number of amides is 2. The minimum atomic E-state index is -0.161. The smallest absolute Gasteiger partial charge is 0.243 e. The number of nitrogens with one attached hydrogen (secondary N) is 2. The van der Waals surface area contributed by atoms with E-state index in [1.54, 1.807) is 11.0 Å². The molecule has 6 heteroatoms. The summed E-state index contributed by atoms with van der Waals surface area (Å²) in [7, 11) is 0. The number of hydrogen-bond acceptors (Lipinski definition) is 4. The van der Waals surface area contributed by atoms with Gasteiger partial charge in [-0.3, -0.25) is 9.59 Å². The average molecular weight is 401 g/mol. The minimum Gasteiger partial charge on any atom is -0.457 e. The second-order valence-electron chi connectivity index (χ2n) is 7.04. The van der Waals surface area contributed by atoms with Crippen molar-refractivity contribution in [1.82, 2.24) is 0 Å². The van der Waals surface area contributed by atoms with Gasteiger partial charge in [-0.2, -0.15) is 0 Å². The van der Waals surface area contributed by atoms with Crippen molar-refractivity contribution >= 4 is 28.9 Å². The summed E-state index contributed by atoms with van der Waals surface area (Å²) in [4.78, 5) is 25.9. The zero-order valence-electron chi connectivity index (χ0n) is 16.5. The molecule has 6 nitrogen and oxygen atoms in total. The third-order valence-electron chi connectivity index (χ3n) is 4.80. The van der Waals surface area contributed by atoms with E-state index in [1.807, 2.05) is 72.8 Å². The van der Waals surface area contributed by atoms with Crippen molar-refractivity contribution < 1.29 is 14.3 Å². The van der Waals surface area contributed by atoms with Gasteiger partial charge in [0.15, 0.2) is 0 Å². The second kappa shape index (κ2) is 9.13. The van der Waals surface area contributed by atoms with Crippen LogP contribution in [0.4, 0.5) is 17.1 Å². The molecule has 1 saturated heterocycles. The Morgan fingerprint density at radius 2 is 1.67 bits per heavy atom. The predicted molar refractivity (Wildman–Crippen MR) is 118 cm³/mol. The summed E-state index contributed by atoms with van der Waals surface area (Å²) in [6, 6.07) is 24.3. The molecule has 0 aromatic heterocycles. The van der Waals surface area contributed by atoms with Gasteiger partial charge in [-0.15, -0.1) is 0 Å². The van der Waals surface area contributed by atoms with Gasteiger partial charge in [0.25, 0.3) is 0 Å². The molecule has 0 atom stereocenters. The van der Waals surface area contributed by atoms with Crippen LogP contribution in [0.1, 0.15) is 12.8 Å². The van der Waals surface area contributed by atoms with E-state index in [0.717, 1.165) is 30.1 Å². The first-order valence-electron chi connectivity index (χ1n) is 9.94. The Hall–Kier alpha value is -3.80. The molecule has 152 valence electrons. The summed E-state index contributed by atoms with van der Waals surface area (Å²) in [5.74, 6) is 1.39. The van der Waals surface area contributed by atoms with Crippen LogP contribution in [0.15, 0.2) is 78.9 Å². The zero-order chi connectivity index (χ0) is 20.8. The van der Waals surface area contributed by atoms with E-state index < -0.39 is 0 Å². The number of ether oxygens (including phenoxy) is 1. The van der Waals surface area contributed by atoms with Gasteiger partial charge in [0, 0.05) is 36.1 Å². The summed E-state index contributed by atoms with van der Waals surface area (Å²) >= 11 is 0. The number of carbonyl (C=O) groups excluding carboxylic acids is 2. The molecular formula is C24H23N3O3. The molecule has 1 fully saturated rings. The highest BCUT2D eigenvalue weighted by Gasteiger charge is 2.21. The van der Waals surface area contributed by atoms with Gasteiger partial charge >= 0.3 is 0 Å². The van der Waals surface area contributed by atoms with E-state index >= 15 is 0 Å². The van der Waals surface area contributed by atoms with Crippen LogP contribution in [0.25, 0.3) is 0 Å². The predicted octanol–water partition coefficient (Wildman–Crippen LogP) is 4.66. The molecule has 30 heavy (non-hydrogen) atoms. The molecule has 0 saturated carbocycles. The van der Waals surface area contributed by atoms with Crippen molar-refractivity contribution in [3.05, 3.63) is 78.9 Å². The Kier molecular flexibility index (Phi) is 5.94. The molecule has 0 radical (unpaired) electrons. The van der Waals surface area contributed by atoms with Crippen molar-refractivity contribution in [3.8, 4) is 11.5 Å². The number of hydrogen-bond donors (Lipinski definition) is 2. The first-order chi connectivity index (χ1) is 14.7. The van der Waals surface area contributed by atoms with Gasteiger partial charge in [0.2, 0.25) is 11.8 Å². The highest BCUT2D eigenvalue weighted by atomic mass is 16.5. The van der Waals surface area contributed by atoms with Crippen LogP contribution in [0.3, 0.4) is 0 Å². The first kappa shape index (κ1) is 19.5. The van der Waals surface area contributed by atoms with Gasteiger partial charge in [0.05, 0.1) is 6.54 Å². The maximum atomic E-state index is 12.3. The molecule has 2 amide bonds. The van der Waals surface area contributed by atoms with Crippen molar-refractivity contribution in [3.63, 3.8) is 0 Å². The summed E-state index contributed by atoms with van der Waals surface area (Å²) in [6.45, 7) is 0.896. The van der Waals surface area contributed by atoms with Crippen LogP contribution in [-0.2, 0) is 9.59 Å². The third kappa shape index (κ3) is 4.97. The van der Waals surface area contributed by atoms with E-state index in [1.165, 1.54) is 0 Å². The Morgan fingerprint density at radius 1 is 0.900 bits per heavy atom. The van der Waals surface area contributed by atoms with Crippen LogP contribution in [0.5, 0.6) is 11.5 Å². The van der Waals surface area contributed by atoms with Crippen LogP contribution in [0, 0.1) is 0 Å². The van der Waals surface area contributed by atoms with Gasteiger partial charge in [-0.25, -0.2) is 0 Å². The van der Waals surface area contributed by atoms with Gasteiger partial charge in [-0.05, 0) is 55.0 Å². The maximum absolute atomic E-state index is 12.3. The number of benzene rings is 3. The normalized spacial score (nSPS) is 13.2. The molecular weight excluding hydrogens is 378 g/mol. The van der Waals surface area contributed by atoms with Crippen LogP contribution in [0.2, 0.25) is 0 Å². The Bertz CT molecular complexity index is 1020. The van der Waals surface area contributed by atoms with E-state index in [9.17, 15) is 9.59 Å². The van der Waals surface area contributed by atoms with Gasteiger partial charge in [-0.1, -0.05) is 24.3 Å². The fourth-order valence-corrected chi connectivity index (χ4v) is 3.33. The highest BCUT2D eigenvalue weighted by molar-refractivity contribution is 5.96. The fourth-order valence-electron chi connectivity index (χ4n) is 3.33. The van der Waals surface area contributed by atoms with Gasteiger partial charge < -0.3 is 20.3 Å². The highest BCUT2D eigenvalue weighted by Crippen LogP contribution is 2.24. The molecule has 3 aromatic carbocycles. The number of carbonyl (C=O) groups is 2. The molecule has 4 rings (SSSR count). The van der Waals surface area contributed by atoms with Crippen molar-refractivity contribution in [1.29, 1.82) is 0 Å². The molecule has 2 N–H and O–H groups in total. The van der Waals surface area contributed by atoms with Crippen LogP contribution in [-0.4, -0.2) is 24.9 Å². The monoisotopic (exact) mass is 401 g/mol. The minimum absolute atomic E-state index is 0.131. The lowest BCUT2D eigenvalue weighted by molar-refractivity contribution is -0.117. The SMILES string of the molecule is O=C(CNc1ccc(N2CCCC2=O)cc1)Nc1cccc(Oc2ccccc2)c1. The molecule has 0 bridgehead atoms. The Balaban J connectivity index is 1.29. The van der Waals surface area contributed by atoms with Crippen LogP contribution >= 0.6 is 0 Å².